The molecule has 1 heterocycles. The fourth-order valence-corrected chi connectivity index (χ4v) is 3.37. The van der Waals surface area contributed by atoms with Crippen molar-refractivity contribution in [2.75, 3.05) is 12.9 Å². The SMILES string of the molecule is CCn1c(SCC(=O)N/N=C/c2ccc(OC)cc2)nc2ccccc21. The maximum absolute atomic E-state index is 12.0. The number of rotatable bonds is 7. The molecule has 2 aromatic carbocycles. The number of amides is 1. The van der Waals surface area contributed by atoms with Gasteiger partial charge in [-0.3, -0.25) is 4.79 Å². The summed E-state index contributed by atoms with van der Waals surface area (Å²) in [5.74, 6) is 0.861. The number of benzene rings is 2. The topological polar surface area (TPSA) is 68.5 Å². The van der Waals surface area contributed by atoms with Gasteiger partial charge in [0.1, 0.15) is 5.75 Å². The number of carbonyl (C=O) groups excluding carboxylic acids is 1. The van der Waals surface area contributed by atoms with Crippen molar-refractivity contribution < 1.29 is 9.53 Å². The van der Waals surface area contributed by atoms with Gasteiger partial charge < -0.3 is 9.30 Å². The van der Waals surface area contributed by atoms with E-state index in [2.05, 4.69) is 27.0 Å². The molecule has 0 spiro atoms. The lowest BCUT2D eigenvalue weighted by Gasteiger charge is -2.05. The number of para-hydroxylation sites is 2. The van der Waals surface area contributed by atoms with Gasteiger partial charge in [-0.2, -0.15) is 5.10 Å². The molecule has 0 saturated heterocycles. The minimum Gasteiger partial charge on any atom is -0.497 e. The Hall–Kier alpha value is -2.80. The number of nitrogens with zero attached hydrogens (tertiary/aromatic N) is 3. The van der Waals surface area contributed by atoms with E-state index in [1.54, 1.807) is 13.3 Å². The number of thioether (sulfide) groups is 1. The monoisotopic (exact) mass is 368 g/mol. The van der Waals surface area contributed by atoms with Gasteiger partial charge in [0.2, 0.25) is 0 Å². The van der Waals surface area contributed by atoms with Crippen molar-refractivity contribution in [1.29, 1.82) is 0 Å². The molecule has 26 heavy (non-hydrogen) atoms. The highest BCUT2D eigenvalue weighted by Crippen LogP contribution is 2.23. The van der Waals surface area contributed by atoms with Gasteiger partial charge in [-0.15, -0.1) is 0 Å². The molecule has 6 nitrogen and oxygen atoms in total. The molecule has 1 aromatic heterocycles. The van der Waals surface area contributed by atoms with Gasteiger partial charge in [-0.25, -0.2) is 10.4 Å². The number of aromatic nitrogens is 2. The van der Waals surface area contributed by atoms with Crippen molar-refractivity contribution in [3.8, 4) is 5.75 Å². The maximum atomic E-state index is 12.0. The Bertz CT molecular complexity index is 919. The molecule has 3 aromatic rings. The molecule has 0 saturated carbocycles. The van der Waals surface area contributed by atoms with Crippen LogP contribution < -0.4 is 10.2 Å². The maximum Gasteiger partial charge on any atom is 0.250 e. The highest BCUT2D eigenvalue weighted by atomic mass is 32.2. The molecule has 0 atom stereocenters. The molecule has 0 radical (unpaired) electrons. The summed E-state index contributed by atoms with van der Waals surface area (Å²) in [7, 11) is 1.62. The molecule has 1 N–H and O–H groups in total. The summed E-state index contributed by atoms with van der Waals surface area (Å²) in [6.45, 7) is 2.87. The van der Waals surface area contributed by atoms with E-state index in [1.807, 2.05) is 48.5 Å². The van der Waals surface area contributed by atoms with Crippen LogP contribution in [0.1, 0.15) is 12.5 Å². The largest absolute Gasteiger partial charge is 0.497 e. The summed E-state index contributed by atoms with van der Waals surface area (Å²) in [5.41, 5.74) is 5.44. The van der Waals surface area contributed by atoms with Crippen molar-refractivity contribution in [2.24, 2.45) is 5.10 Å². The molecular formula is C19H20N4O2S. The predicted molar refractivity (Wildman–Crippen MR) is 105 cm³/mol. The predicted octanol–water partition coefficient (Wildman–Crippen LogP) is 3.31. The molecule has 0 aliphatic carbocycles. The van der Waals surface area contributed by atoms with E-state index < -0.39 is 0 Å². The number of ether oxygens (including phenoxy) is 1. The van der Waals surface area contributed by atoms with Crippen LogP contribution in [0.4, 0.5) is 0 Å². The van der Waals surface area contributed by atoms with Gasteiger partial charge in [0, 0.05) is 6.54 Å². The van der Waals surface area contributed by atoms with Crippen molar-refractivity contribution in [1.82, 2.24) is 15.0 Å². The molecule has 3 rings (SSSR count). The summed E-state index contributed by atoms with van der Waals surface area (Å²) in [6, 6.07) is 15.4. The van der Waals surface area contributed by atoms with E-state index in [1.165, 1.54) is 11.8 Å². The molecule has 0 fully saturated rings. The quantitative estimate of drug-likeness (QED) is 0.395. The van der Waals surface area contributed by atoms with Crippen molar-refractivity contribution in [2.45, 2.75) is 18.6 Å². The summed E-state index contributed by atoms with van der Waals surface area (Å²) in [5, 5.41) is 4.82. The fourth-order valence-electron chi connectivity index (χ4n) is 2.50. The van der Waals surface area contributed by atoms with Gasteiger partial charge in [-0.05, 0) is 48.9 Å². The Morgan fingerprint density at radius 1 is 1.27 bits per heavy atom. The van der Waals surface area contributed by atoms with Crippen LogP contribution in [-0.2, 0) is 11.3 Å². The second kappa shape index (κ2) is 8.53. The number of aryl methyl sites for hydroxylation is 1. The number of hydrogen-bond donors (Lipinski definition) is 1. The Morgan fingerprint density at radius 3 is 2.77 bits per heavy atom. The number of methoxy groups -OCH3 is 1. The van der Waals surface area contributed by atoms with E-state index in [0.29, 0.717) is 0 Å². The first kappa shape index (κ1) is 18.0. The number of fused-ring (bicyclic) bond motifs is 1. The van der Waals surface area contributed by atoms with Crippen LogP contribution >= 0.6 is 11.8 Å². The zero-order valence-electron chi connectivity index (χ0n) is 14.7. The normalized spacial score (nSPS) is 11.2. The van der Waals surface area contributed by atoms with Crippen LogP contribution in [0, 0.1) is 0 Å². The van der Waals surface area contributed by atoms with E-state index in [0.717, 1.165) is 34.0 Å². The van der Waals surface area contributed by atoms with Gasteiger partial charge in [0.25, 0.3) is 5.91 Å². The molecule has 0 aliphatic rings. The number of imidazole rings is 1. The zero-order valence-corrected chi connectivity index (χ0v) is 15.5. The van der Waals surface area contributed by atoms with E-state index in [-0.39, 0.29) is 11.7 Å². The molecule has 0 bridgehead atoms. The van der Waals surface area contributed by atoms with Crippen LogP contribution in [0.25, 0.3) is 11.0 Å². The molecule has 0 unspecified atom stereocenters. The Kier molecular flexibility index (Phi) is 5.91. The van der Waals surface area contributed by atoms with Crippen LogP contribution in [0.2, 0.25) is 0 Å². The fraction of sp³-hybridized carbons (Fsp3) is 0.211. The Balaban J connectivity index is 1.56. The van der Waals surface area contributed by atoms with Crippen LogP contribution in [-0.4, -0.2) is 34.5 Å². The third-order valence-corrected chi connectivity index (χ3v) is 4.76. The summed E-state index contributed by atoms with van der Waals surface area (Å²) in [4.78, 5) is 16.6. The van der Waals surface area contributed by atoms with E-state index in [4.69, 9.17) is 4.74 Å². The first-order valence-corrected chi connectivity index (χ1v) is 9.24. The number of nitrogens with one attached hydrogen (secondary N) is 1. The molecule has 7 heteroatoms. The van der Waals surface area contributed by atoms with Crippen LogP contribution in [0.3, 0.4) is 0 Å². The smallest absolute Gasteiger partial charge is 0.250 e. The number of hydrogen-bond acceptors (Lipinski definition) is 5. The zero-order chi connectivity index (χ0) is 18.4. The lowest BCUT2D eigenvalue weighted by Crippen LogP contribution is -2.20. The third kappa shape index (κ3) is 4.23. The number of carbonyl (C=O) groups is 1. The lowest BCUT2D eigenvalue weighted by atomic mass is 10.2. The van der Waals surface area contributed by atoms with E-state index in [9.17, 15) is 4.79 Å². The van der Waals surface area contributed by atoms with Crippen molar-refractivity contribution >= 4 is 34.9 Å². The van der Waals surface area contributed by atoms with Crippen LogP contribution in [0.15, 0.2) is 58.8 Å². The minimum absolute atomic E-state index is 0.172. The van der Waals surface area contributed by atoms with Crippen molar-refractivity contribution in [3.63, 3.8) is 0 Å². The molecule has 134 valence electrons. The highest BCUT2D eigenvalue weighted by Gasteiger charge is 2.11. The molecular weight excluding hydrogens is 348 g/mol. The number of hydrazone groups is 1. The summed E-state index contributed by atoms with van der Waals surface area (Å²) >= 11 is 1.41. The Labute approximate surface area is 156 Å². The lowest BCUT2D eigenvalue weighted by molar-refractivity contribution is -0.118. The molecule has 1 amide bonds. The first-order chi connectivity index (χ1) is 12.7. The average Bonchev–Trinajstić information content (AvgIpc) is 3.04. The summed E-state index contributed by atoms with van der Waals surface area (Å²) < 4.78 is 7.21. The third-order valence-electron chi connectivity index (χ3n) is 3.79. The first-order valence-electron chi connectivity index (χ1n) is 8.25. The second-order valence-electron chi connectivity index (χ2n) is 5.48. The van der Waals surface area contributed by atoms with Gasteiger partial charge >= 0.3 is 0 Å². The highest BCUT2D eigenvalue weighted by molar-refractivity contribution is 7.99. The minimum atomic E-state index is -0.172. The van der Waals surface area contributed by atoms with Gasteiger partial charge in [-0.1, -0.05) is 23.9 Å². The van der Waals surface area contributed by atoms with Gasteiger partial charge in [0.05, 0.1) is 30.1 Å². The average molecular weight is 368 g/mol. The van der Waals surface area contributed by atoms with Crippen LogP contribution in [0.5, 0.6) is 5.75 Å². The van der Waals surface area contributed by atoms with E-state index >= 15 is 0 Å². The van der Waals surface area contributed by atoms with Gasteiger partial charge in [0.15, 0.2) is 5.16 Å². The van der Waals surface area contributed by atoms with Crippen molar-refractivity contribution in [3.05, 3.63) is 54.1 Å². The summed E-state index contributed by atoms with van der Waals surface area (Å²) in [6.07, 6.45) is 1.60. The molecule has 0 aliphatic heterocycles. The second-order valence-corrected chi connectivity index (χ2v) is 6.42. The Morgan fingerprint density at radius 2 is 2.04 bits per heavy atom. The standard InChI is InChI=1S/C19H20N4O2S/c1-3-23-17-7-5-4-6-16(17)21-19(23)26-13-18(24)22-20-12-14-8-10-15(25-2)11-9-14/h4-12H,3,13H2,1-2H3,(H,22,24)/b20-12+.